The summed E-state index contributed by atoms with van der Waals surface area (Å²) in [5.74, 6) is -0.841. The zero-order valence-corrected chi connectivity index (χ0v) is 12.5. The maximum atomic E-state index is 11.2. The maximum Gasteiger partial charge on any atom is 0.306 e. The summed E-state index contributed by atoms with van der Waals surface area (Å²) in [7, 11) is 0. The molecule has 1 atom stereocenters. The van der Waals surface area contributed by atoms with Crippen LogP contribution in [0.2, 0.25) is 0 Å². The van der Waals surface area contributed by atoms with Gasteiger partial charge >= 0.3 is 5.97 Å². The number of aryl methyl sites for hydroxylation is 1. The van der Waals surface area contributed by atoms with Crippen LogP contribution in [0.3, 0.4) is 0 Å². The summed E-state index contributed by atoms with van der Waals surface area (Å²) in [6.45, 7) is 9.69. The van der Waals surface area contributed by atoms with Crippen molar-refractivity contribution >= 4 is 5.97 Å². The third-order valence-electron chi connectivity index (χ3n) is 3.90. The molecule has 0 aromatic heterocycles. The first kappa shape index (κ1) is 16.3. The minimum Gasteiger partial charge on any atom is -0.508 e. The Morgan fingerprint density at radius 1 is 1.45 bits per heavy atom. The molecule has 3 nitrogen and oxygen atoms in total. The van der Waals surface area contributed by atoms with Gasteiger partial charge in [0, 0.05) is 0 Å². The summed E-state index contributed by atoms with van der Waals surface area (Å²) in [6.07, 6.45) is 3.56. The van der Waals surface area contributed by atoms with Crippen molar-refractivity contribution in [1.29, 1.82) is 0 Å². The third-order valence-corrected chi connectivity index (χ3v) is 3.90. The van der Waals surface area contributed by atoms with E-state index in [1.165, 1.54) is 0 Å². The minimum absolute atomic E-state index is 0.118. The highest BCUT2D eigenvalue weighted by Crippen LogP contribution is 2.33. The van der Waals surface area contributed by atoms with E-state index >= 15 is 0 Å². The number of phenolic OH excluding ortho intramolecular Hbond substituents is 1. The Balaban J connectivity index is 2.80. The van der Waals surface area contributed by atoms with Crippen molar-refractivity contribution in [2.24, 2.45) is 5.92 Å². The van der Waals surface area contributed by atoms with Crippen molar-refractivity contribution in [3.8, 4) is 5.75 Å². The van der Waals surface area contributed by atoms with E-state index in [1.807, 2.05) is 19.1 Å². The molecule has 0 spiro atoms. The number of hydrogen-bond acceptors (Lipinski definition) is 2. The zero-order chi connectivity index (χ0) is 15.3. The van der Waals surface area contributed by atoms with Gasteiger partial charge in [0.25, 0.3) is 0 Å². The SMILES string of the molecule is C=CCC(CCC(C)(C)c1ccc(O)c(C)c1)C(=O)O. The number of carbonyl (C=O) groups is 1. The Kier molecular flexibility index (Phi) is 5.37. The van der Waals surface area contributed by atoms with Crippen LogP contribution in [0.4, 0.5) is 0 Å². The fourth-order valence-electron chi connectivity index (χ4n) is 2.30. The van der Waals surface area contributed by atoms with E-state index in [-0.39, 0.29) is 11.3 Å². The van der Waals surface area contributed by atoms with E-state index in [4.69, 9.17) is 0 Å². The van der Waals surface area contributed by atoms with Gasteiger partial charge < -0.3 is 10.2 Å². The molecule has 20 heavy (non-hydrogen) atoms. The molecule has 0 fully saturated rings. The molecule has 0 bridgehead atoms. The summed E-state index contributed by atoms with van der Waals surface area (Å²) < 4.78 is 0. The Bertz CT molecular complexity index is 489. The quantitative estimate of drug-likeness (QED) is 0.739. The molecule has 1 aromatic carbocycles. The summed E-state index contributed by atoms with van der Waals surface area (Å²) in [5.41, 5.74) is 1.85. The first-order valence-corrected chi connectivity index (χ1v) is 6.91. The van der Waals surface area contributed by atoms with Gasteiger partial charge in [-0.05, 0) is 48.8 Å². The predicted molar refractivity (Wildman–Crippen MR) is 81.0 cm³/mol. The van der Waals surface area contributed by atoms with E-state index in [9.17, 15) is 15.0 Å². The first-order valence-electron chi connectivity index (χ1n) is 6.91. The molecule has 0 aliphatic heterocycles. The molecule has 0 heterocycles. The summed E-state index contributed by atoms with van der Waals surface area (Å²) in [5, 5.41) is 18.8. The van der Waals surface area contributed by atoms with E-state index in [0.29, 0.717) is 18.6 Å². The van der Waals surface area contributed by atoms with Crippen LogP contribution in [-0.4, -0.2) is 16.2 Å². The lowest BCUT2D eigenvalue weighted by molar-refractivity contribution is -0.141. The number of rotatable bonds is 7. The number of benzene rings is 1. The second kappa shape index (κ2) is 6.60. The van der Waals surface area contributed by atoms with Crippen LogP contribution in [0.5, 0.6) is 5.75 Å². The van der Waals surface area contributed by atoms with Crippen LogP contribution < -0.4 is 0 Å². The zero-order valence-electron chi connectivity index (χ0n) is 12.5. The molecule has 0 aliphatic carbocycles. The highest BCUT2D eigenvalue weighted by Gasteiger charge is 2.25. The predicted octanol–water partition coefficient (Wildman–Crippen LogP) is 4.04. The molecule has 2 N–H and O–H groups in total. The first-order chi connectivity index (χ1) is 9.27. The van der Waals surface area contributed by atoms with Gasteiger partial charge in [0.2, 0.25) is 0 Å². The average molecular weight is 276 g/mol. The second-order valence-electron chi connectivity index (χ2n) is 5.98. The Hall–Kier alpha value is -1.77. The number of carboxylic acids is 1. The molecule has 1 rings (SSSR count). The van der Waals surface area contributed by atoms with Crippen LogP contribution in [0, 0.1) is 12.8 Å². The standard InChI is InChI=1S/C17H24O3/c1-5-6-13(16(19)20)9-10-17(3,4)14-7-8-15(18)12(2)11-14/h5,7-8,11,13,18H,1,6,9-10H2,2-4H3,(H,19,20). The van der Waals surface area contributed by atoms with Crippen LogP contribution in [-0.2, 0) is 10.2 Å². The van der Waals surface area contributed by atoms with Gasteiger partial charge in [0.15, 0.2) is 0 Å². The summed E-state index contributed by atoms with van der Waals surface area (Å²) in [6, 6.07) is 5.58. The van der Waals surface area contributed by atoms with Gasteiger partial charge in [-0.3, -0.25) is 4.79 Å². The van der Waals surface area contributed by atoms with E-state index < -0.39 is 5.97 Å². The minimum atomic E-state index is -0.761. The smallest absolute Gasteiger partial charge is 0.306 e. The number of hydrogen-bond donors (Lipinski definition) is 2. The monoisotopic (exact) mass is 276 g/mol. The molecule has 0 saturated heterocycles. The topological polar surface area (TPSA) is 57.5 Å². The molecular formula is C17H24O3. The van der Waals surface area contributed by atoms with Gasteiger partial charge in [-0.25, -0.2) is 0 Å². The normalized spacial score (nSPS) is 12.9. The largest absolute Gasteiger partial charge is 0.508 e. The fourth-order valence-corrected chi connectivity index (χ4v) is 2.30. The number of aliphatic carboxylic acids is 1. The van der Waals surface area contributed by atoms with Gasteiger partial charge in [-0.1, -0.05) is 32.1 Å². The highest BCUT2D eigenvalue weighted by atomic mass is 16.4. The number of carboxylic acid groups (broad SMARTS) is 1. The van der Waals surface area contributed by atoms with E-state index in [2.05, 4.69) is 20.4 Å². The Morgan fingerprint density at radius 3 is 2.60 bits per heavy atom. The highest BCUT2D eigenvalue weighted by molar-refractivity contribution is 5.70. The Morgan fingerprint density at radius 2 is 2.10 bits per heavy atom. The molecule has 110 valence electrons. The second-order valence-corrected chi connectivity index (χ2v) is 5.98. The maximum absolute atomic E-state index is 11.2. The number of aromatic hydroxyl groups is 1. The van der Waals surface area contributed by atoms with E-state index in [0.717, 1.165) is 17.5 Å². The average Bonchev–Trinajstić information content (AvgIpc) is 2.37. The molecule has 3 heteroatoms. The van der Waals surface area contributed by atoms with E-state index in [1.54, 1.807) is 12.1 Å². The van der Waals surface area contributed by atoms with Crippen molar-refractivity contribution in [3.05, 3.63) is 42.0 Å². The molecule has 0 aliphatic rings. The Labute approximate surface area is 121 Å². The van der Waals surface area contributed by atoms with Crippen LogP contribution in [0.15, 0.2) is 30.9 Å². The van der Waals surface area contributed by atoms with Crippen LogP contribution in [0.25, 0.3) is 0 Å². The third kappa shape index (κ3) is 4.12. The summed E-state index contributed by atoms with van der Waals surface area (Å²) in [4.78, 5) is 11.2. The number of allylic oxidation sites excluding steroid dienone is 1. The van der Waals surface area contributed by atoms with Crippen LogP contribution >= 0.6 is 0 Å². The van der Waals surface area contributed by atoms with Crippen molar-refractivity contribution in [2.45, 2.75) is 45.4 Å². The molecular weight excluding hydrogens is 252 g/mol. The lowest BCUT2D eigenvalue weighted by Crippen LogP contribution is -2.21. The lowest BCUT2D eigenvalue weighted by atomic mass is 9.78. The van der Waals surface area contributed by atoms with Gasteiger partial charge in [0.1, 0.15) is 5.75 Å². The molecule has 0 amide bonds. The molecule has 1 aromatic rings. The van der Waals surface area contributed by atoms with Gasteiger partial charge in [0.05, 0.1) is 5.92 Å². The summed E-state index contributed by atoms with van der Waals surface area (Å²) >= 11 is 0. The molecule has 1 unspecified atom stereocenters. The van der Waals surface area contributed by atoms with Crippen LogP contribution in [0.1, 0.15) is 44.2 Å². The number of phenols is 1. The van der Waals surface area contributed by atoms with Crippen molar-refractivity contribution in [1.82, 2.24) is 0 Å². The van der Waals surface area contributed by atoms with Crippen molar-refractivity contribution in [3.63, 3.8) is 0 Å². The fraction of sp³-hybridized carbons (Fsp3) is 0.471. The van der Waals surface area contributed by atoms with Gasteiger partial charge in [-0.2, -0.15) is 0 Å². The lowest BCUT2D eigenvalue weighted by Gasteiger charge is -2.27. The molecule has 0 saturated carbocycles. The van der Waals surface area contributed by atoms with Crippen molar-refractivity contribution in [2.75, 3.05) is 0 Å². The van der Waals surface area contributed by atoms with Crippen molar-refractivity contribution < 1.29 is 15.0 Å². The molecule has 0 radical (unpaired) electrons. The van der Waals surface area contributed by atoms with Gasteiger partial charge in [-0.15, -0.1) is 6.58 Å².